The molecule has 108 valence electrons. The fourth-order valence-corrected chi connectivity index (χ4v) is 4.03. The minimum atomic E-state index is 0.669. The molecule has 1 heterocycles. The van der Waals surface area contributed by atoms with Crippen LogP contribution in [0, 0.1) is 0 Å². The minimum absolute atomic E-state index is 0.669. The number of hydrogen-bond acceptors (Lipinski definition) is 2. The minimum Gasteiger partial charge on any atom is -0.398 e. The van der Waals surface area contributed by atoms with Gasteiger partial charge >= 0.3 is 0 Å². The molecule has 0 aromatic heterocycles. The van der Waals surface area contributed by atoms with Gasteiger partial charge in [0.05, 0.1) is 0 Å². The molecule has 0 fully saturated rings. The SMILES string of the molecule is Nc1cccc2c1CCN2CC1CCCc2ccccc21. The van der Waals surface area contributed by atoms with Crippen LogP contribution in [0.15, 0.2) is 42.5 Å². The highest BCUT2D eigenvalue weighted by molar-refractivity contribution is 5.68. The van der Waals surface area contributed by atoms with E-state index >= 15 is 0 Å². The van der Waals surface area contributed by atoms with Gasteiger partial charge in [-0.05, 0) is 48.9 Å². The van der Waals surface area contributed by atoms with E-state index in [1.807, 2.05) is 6.07 Å². The van der Waals surface area contributed by atoms with E-state index in [2.05, 4.69) is 41.3 Å². The van der Waals surface area contributed by atoms with Gasteiger partial charge in [0.25, 0.3) is 0 Å². The van der Waals surface area contributed by atoms with Crippen molar-refractivity contribution in [3.63, 3.8) is 0 Å². The second-order valence-electron chi connectivity index (χ2n) is 6.33. The maximum absolute atomic E-state index is 6.12. The van der Waals surface area contributed by atoms with Crippen molar-refractivity contribution in [1.82, 2.24) is 0 Å². The maximum Gasteiger partial charge on any atom is 0.0420 e. The van der Waals surface area contributed by atoms with Crippen LogP contribution in [-0.2, 0) is 12.8 Å². The number of nitrogens with zero attached hydrogens (tertiary/aromatic N) is 1. The molecular formula is C19H22N2. The Morgan fingerprint density at radius 1 is 1.05 bits per heavy atom. The average Bonchev–Trinajstić information content (AvgIpc) is 2.92. The number of anilines is 2. The molecule has 1 aliphatic heterocycles. The van der Waals surface area contributed by atoms with Gasteiger partial charge in [-0.1, -0.05) is 30.3 Å². The maximum atomic E-state index is 6.12. The summed E-state index contributed by atoms with van der Waals surface area (Å²) in [6.45, 7) is 2.25. The Balaban J connectivity index is 1.61. The molecule has 0 bridgehead atoms. The first-order valence-corrected chi connectivity index (χ1v) is 8.03. The molecule has 21 heavy (non-hydrogen) atoms. The Morgan fingerprint density at radius 3 is 2.90 bits per heavy atom. The first kappa shape index (κ1) is 12.8. The Hall–Kier alpha value is -1.96. The van der Waals surface area contributed by atoms with Crippen LogP contribution in [-0.4, -0.2) is 13.1 Å². The lowest BCUT2D eigenvalue weighted by Gasteiger charge is -2.30. The van der Waals surface area contributed by atoms with Gasteiger partial charge in [-0.2, -0.15) is 0 Å². The summed E-state index contributed by atoms with van der Waals surface area (Å²) in [6, 6.07) is 15.3. The highest BCUT2D eigenvalue weighted by Crippen LogP contribution is 2.37. The van der Waals surface area contributed by atoms with Crippen LogP contribution >= 0.6 is 0 Å². The number of nitrogens with two attached hydrogens (primary N) is 1. The first-order chi connectivity index (χ1) is 10.3. The van der Waals surface area contributed by atoms with Crippen molar-refractivity contribution < 1.29 is 0 Å². The number of benzene rings is 2. The van der Waals surface area contributed by atoms with Crippen molar-refractivity contribution >= 4 is 11.4 Å². The highest BCUT2D eigenvalue weighted by Gasteiger charge is 2.26. The molecule has 2 aliphatic rings. The normalized spacial score (nSPS) is 20.2. The molecule has 1 atom stereocenters. The number of nitrogen functional groups attached to an aromatic ring is 1. The molecule has 0 radical (unpaired) electrons. The topological polar surface area (TPSA) is 29.3 Å². The van der Waals surface area contributed by atoms with Crippen LogP contribution in [0.1, 0.15) is 35.4 Å². The van der Waals surface area contributed by atoms with Crippen LogP contribution in [0.5, 0.6) is 0 Å². The summed E-state index contributed by atoms with van der Waals surface area (Å²) in [5.41, 5.74) is 12.9. The lowest BCUT2D eigenvalue weighted by molar-refractivity contribution is 0.544. The van der Waals surface area contributed by atoms with Gasteiger partial charge in [0, 0.05) is 35.9 Å². The highest BCUT2D eigenvalue weighted by atomic mass is 15.1. The predicted octanol–water partition coefficient (Wildman–Crippen LogP) is 3.75. The molecule has 0 amide bonds. The van der Waals surface area contributed by atoms with E-state index in [0.717, 1.165) is 25.2 Å². The van der Waals surface area contributed by atoms with Crippen LogP contribution in [0.3, 0.4) is 0 Å². The molecule has 1 unspecified atom stereocenters. The summed E-state index contributed by atoms with van der Waals surface area (Å²) in [4.78, 5) is 2.54. The molecule has 2 N–H and O–H groups in total. The largest absolute Gasteiger partial charge is 0.398 e. The molecule has 2 aromatic rings. The summed E-state index contributed by atoms with van der Waals surface area (Å²) < 4.78 is 0. The molecule has 2 aromatic carbocycles. The molecular weight excluding hydrogens is 256 g/mol. The summed E-state index contributed by atoms with van der Waals surface area (Å²) in [7, 11) is 0. The Bertz CT molecular complexity index is 662. The van der Waals surface area contributed by atoms with E-state index in [1.165, 1.54) is 30.5 Å². The van der Waals surface area contributed by atoms with Gasteiger partial charge in [-0.3, -0.25) is 0 Å². The van der Waals surface area contributed by atoms with Crippen LogP contribution in [0.2, 0.25) is 0 Å². The van der Waals surface area contributed by atoms with Gasteiger partial charge in [0.15, 0.2) is 0 Å². The number of aryl methyl sites for hydroxylation is 1. The van der Waals surface area contributed by atoms with Crippen molar-refractivity contribution in [2.45, 2.75) is 31.6 Å². The molecule has 0 spiro atoms. The van der Waals surface area contributed by atoms with Crippen LogP contribution < -0.4 is 10.6 Å². The smallest absolute Gasteiger partial charge is 0.0420 e. The third-order valence-corrected chi connectivity index (χ3v) is 5.09. The fourth-order valence-electron chi connectivity index (χ4n) is 4.03. The van der Waals surface area contributed by atoms with Crippen molar-refractivity contribution in [3.05, 3.63) is 59.2 Å². The van der Waals surface area contributed by atoms with Crippen LogP contribution in [0.4, 0.5) is 11.4 Å². The van der Waals surface area contributed by atoms with Gasteiger partial charge in [-0.15, -0.1) is 0 Å². The number of fused-ring (bicyclic) bond motifs is 2. The standard InChI is InChI=1S/C19H22N2/c20-18-9-4-10-19-17(18)11-12-21(19)13-15-7-3-6-14-5-1-2-8-16(14)15/h1-2,4-5,8-10,15H,3,6-7,11-13,20H2. The Kier molecular flexibility index (Phi) is 3.10. The lowest BCUT2D eigenvalue weighted by atomic mass is 9.82. The summed E-state index contributed by atoms with van der Waals surface area (Å²) in [6.07, 6.45) is 4.97. The quantitative estimate of drug-likeness (QED) is 0.848. The van der Waals surface area contributed by atoms with E-state index < -0.39 is 0 Å². The molecule has 2 heteroatoms. The lowest BCUT2D eigenvalue weighted by Crippen LogP contribution is -2.28. The Labute approximate surface area is 126 Å². The van der Waals surface area contributed by atoms with Crippen molar-refractivity contribution in [1.29, 1.82) is 0 Å². The van der Waals surface area contributed by atoms with Crippen molar-refractivity contribution in [3.8, 4) is 0 Å². The zero-order valence-corrected chi connectivity index (χ0v) is 12.4. The van der Waals surface area contributed by atoms with Crippen LogP contribution in [0.25, 0.3) is 0 Å². The molecule has 2 nitrogen and oxygen atoms in total. The van der Waals surface area contributed by atoms with E-state index in [1.54, 1.807) is 11.1 Å². The third kappa shape index (κ3) is 2.19. The van der Waals surface area contributed by atoms with Gasteiger partial charge in [-0.25, -0.2) is 0 Å². The molecule has 0 saturated heterocycles. The predicted molar refractivity (Wildman–Crippen MR) is 88.9 cm³/mol. The van der Waals surface area contributed by atoms with Gasteiger partial charge < -0.3 is 10.6 Å². The average molecular weight is 278 g/mol. The summed E-state index contributed by atoms with van der Waals surface area (Å²) in [5, 5.41) is 0. The van der Waals surface area contributed by atoms with E-state index in [4.69, 9.17) is 5.73 Å². The zero-order chi connectivity index (χ0) is 14.2. The molecule has 0 saturated carbocycles. The number of rotatable bonds is 2. The third-order valence-electron chi connectivity index (χ3n) is 5.09. The zero-order valence-electron chi connectivity index (χ0n) is 12.4. The fraction of sp³-hybridized carbons (Fsp3) is 0.368. The second-order valence-corrected chi connectivity index (χ2v) is 6.33. The van der Waals surface area contributed by atoms with Gasteiger partial charge in [0.1, 0.15) is 0 Å². The second kappa shape index (κ2) is 5.10. The van der Waals surface area contributed by atoms with E-state index in [9.17, 15) is 0 Å². The van der Waals surface area contributed by atoms with E-state index in [-0.39, 0.29) is 0 Å². The Morgan fingerprint density at radius 2 is 1.95 bits per heavy atom. The molecule has 1 aliphatic carbocycles. The summed E-state index contributed by atoms with van der Waals surface area (Å²) >= 11 is 0. The monoisotopic (exact) mass is 278 g/mol. The van der Waals surface area contributed by atoms with Gasteiger partial charge in [0.2, 0.25) is 0 Å². The van der Waals surface area contributed by atoms with E-state index in [0.29, 0.717) is 5.92 Å². The first-order valence-electron chi connectivity index (χ1n) is 8.03. The van der Waals surface area contributed by atoms with Crippen molar-refractivity contribution in [2.24, 2.45) is 0 Å². The molecule has 4 rings (SSSR count). The number of hydrogen-bond donors (Lipinski definition) is 1. The summed E-state index contributed by atoms with van der Waals surface area (Å²) in [5.74, 6) is 0.669. The van der Waals surface area contributed by atoms with Crippen molar-refractivity contribution in [2.75, 3.05) is 23.7 Å².